The van der Waals surface area contributed by atoms with E-state index in [1.165, 1.54) is 4.88 Å². The number of likely N-dealkylation sites (N-methyl/N-ethyl adjacent to an activating group) is 1. The van der Waals surface area contributed by atoms with Gasteiger partial charge in [0, 0.05) is 30.6 Å². The third-order valence-electron chi connectivity index (χ3n) is 4.19. The first-order valence-corrected chi connectivity index (χ1v) is 10.2. The van der Waals surface area contributed by atoms with Crippen molar-refractivity contribution in [2.24, 2.45) is 4.99 Å². The van der Waals surface area contributed by atoms with Gasteiger partial charge in [-0.05, 0) is 39.1 Å². The zero-order chi connectivity index (χ0) is 18.8. The molecule has 0 fully saturated rings. The van der Waals surface area contributed by atoms with Gasteiger partial charge in [0.05, 0.1) is 23.9 Å². The van der Waals surface area contributed by atoms with E-state index in [0.717, 1.165) is 49.3 Å². The van der Waals surface area contributed by atoms with Crippen molar-refractivity contribution in [1.29, 1.82) is 0 Å². The van der Waals surface area contributed by atoms with Crippen LogP contribution in [0.5, 0.6) is 0 Å². The van der Waals surface area contributed by atoms with E-state index in [1.807, 2.05) is 18.3 Å². The van der Waals surface area contributed by atoms with Gasteiger partial charge in [-0.15, -0.1) is 35.3 Å². The normalized spacial score (nSPS) is 12.7. The highest BCUT2D eigenvalue weighted by Gasteiger charge is 2.20. The summed E-state index contributed by atoms with van der Waals surface area (Å²) in [5.74, 6) is 1.80. The molecule has 0 aliphatic rings. The Labute approximate surface area is 183 Å². The predicted molar refractivity (Wildman–Crippen MR) is 124 cm³/mol. The van der Waals surface area contributed by atoms with E-state index in [4.69, 9.17) is 9.41 Å². The van der Waals surface area contributed by atoms with Crippen molar-refractivity contribution >= 4 is 41.3 Å². The molecular weight excluding hydrogens is 473 g/mol. The van der Waals surface area contributed by atoms with Gasteiger partial charge < -0.3 is 15.1 Å². The Hall–Kier alpha value is -1.13. The molecule has 27 heavy (non-hydrogen) atoms. The van der Waals surface area contributed by atoms with Crippen molar-refractivity contribution in [1.82, 2.24) is 20.5 Å². The highest BCUT2D eigenvalue weighted by Crippen LogP contribution is 2.21. The van der Waals surface area contributed by atoms with Crippen molar-refractivity contribution in [3.8, 4) is 0 Å². The fourth-order valence-electron chi connectivity index (χ4n) is 2.85. The van der Waals surface area contributed by atoms with Crippen molar-refractivity contribution in [2.45, 2.75) is 40.2 Å². The lowest BCUT2D eigenvalue weighted by atomic mass is 10.2. The summed E-state index contributed by atoms with van der Waals surface area (Å²) < 4.78 is 5.66. The molecule has 152 valence electrons. The molecule has 0 aromatic carbocycles. The number of aryl methyl sites for hydroxylation is 1. The van der Waals surface area contributed by atoms with Gasteiger partial charge in [-0.25, -0.2) is 4.98 Å². The molecule has 2 rings (SSSR count). The number of thiazole rings is 1. The summed E-state index contributed by atoms with van der Waals surface area (Å²) in [5.41, 5.74) is 0. The summed E-state index contributed by atoms with van der Waals surface area (Å²) in [7, 11) is 0. The van der Waals surface area contributed by atoms with Gasteiger partial charge in [0.2, 0.25) is 0 Å². The van der Waals surface area contributed by atoms with Crippen LogP contribution in [0.2, 0.25) is 0 Å². The number of rotatable bonds is 10. The molecule has 0 saturated carbocycles. The highest BCUT2D eigenvalue weighted by molar-refractivity contribution is 14.0. The van der Waals surface area contributed by atoms with Crippen LogP contribution in [-0.2, 0) is 6.42 Å². The van der Waals surface area contributed by atoms with Crippen LogP contribution in [0.4, 0.5) is 0 Å². The average molecular weight is 505 g/mol. The molecule has 0 amide bonds. The second-order valence-corrected chi connectivity index (χ2v) is 7.33. The molecule has 0 radical (unpaired) electrons. The van der Waals surface area contributed by atoms with Crippen LogP contribution in [0.3, 0.4) is 0 Å². The molecule has 2 heterocycles. The van der Waals surface area contributed by atoms with Crippen molar-refractivity contribution < 1.29 is 4.42 Å². The summed E-state index contributed by atoms with van der Waals surface area (Å²) >= 11 is 1.75. The van der Waals surface area contributed by atoms with Gasteiger partial charge in [0.1, 0.15) is 5.76 Å². The second-order valence-electron chi connectivity index (χ2n) is 6.01. The number of aromatic nitrogens is 1. The Morgan fingerprint density at radius 3 is 2.63 bits per heavy atom. The Morgan fingerprint density at radius 2 is 2.07 bits per heavy atom. The third kappa shape index (κ3) is 7.79. The number of hydrogen-bond donors (Lipinski definition) is 2. The minimum Gasteiger partial charge on any atom is -0.468 e. The Balaban J connectivity index is 0.00000364. The van der Waals surface area contributed by atoms with Gasteiger partial charge in [0.25, 0.3) is 0 Å². The van der Waals surface area contributed by atoms with Crippen LogP contribution in [-0.4, -0.2) is 48.6 Å². The van der Waals surface area contributed by atoms with E-state index in [1.54, 1.807) is 17.6 Å². The predicted octanol–water partition coefficient (Wildman–Crippen LogP) is 3.84. The quantitative estimate of drug-likeness (QED) is 0.292. The monoisotopic (exact) mass is 505 g/mol. The van der Waals surface area contributed by atoms with Crippen molar-refractivity contribution in [3.63, 3.8) is 0 Å². The number of nitrogens with zero attached hydrogens (tertiary/aromatic N) is 3. The maximum Gasteiger partial charge on any atom is 0.191 e. The number of aliphatic imine (C=N–C) groups is 1. The smallest absolute Gasteiger partial charge is 0.191 e. The van der Waals surface area contributed by atoms with E-state index in [0.29, 0.717) is 6.54 Å². The molecule has 6 nitrogen and oxygen atoms in total. The van der Waals surface area contributed by atoms with Crippen LogP contribution in [0.1, 0.15) is 42.5 Å². The van der Waals surface area contributed by atoms with Gasteiger partial charge in [-0.1, -0.05) is 13.8 Å². The molecule has 2 aromatic heterocycles. The molecule has 1 unspecified atom stereocenters. The topological polar surface area (TPSA) is 65.7 Å². The van der Waals surface area contributed by atoms with E-state index >= 15 is 0 Å². The summed E-state index contributed by atoms with van der Waals surface area (Å²) in [6.07, 6.45) is 4.56. The van der Waals surface area contributed by atoms with Crippen LogP contribution >= 0.6 is 35.3 Å². The minimum atomic E-state index is 0. The van der Waals surface area contributed by atoms with Crippen LogP contribution in [0, 0.1) is 6.92 Å². The number of hydrogen-bond acceptors (Lipinski definition) is 5. The maximum absolute atomic E-state index is 5.66. The third-order valence-corrected chi connectivity index (χ3v) is 5.16. The van der Waals surface area contributed by atoms with E-state index < -0.39 is 0 Å². The molecule has 0 bridgehead atoms. The molecule has 0 aliphatic heterocycles. The van der Waals surface area contributed by atoms with E-state index in [2.05, 4.69) is 48.2 Å². The summed E-state index contributed by atoms with van der Waals surface area (Å²) in [6, 6.07) is 4.12. The first-order valence-electron chi connectivity index (χ1n) is 9.38. The van der Waals surface area contributed by atoms with Crippen molar-refractivity contribution in [2.75, 3.05) is 32.7 Å². The van der Waals surface area contributed by atoms with Crippen LogP contribution < -0.4 is 10.6 Å². The molecule has 0 spiro atoms. The molecule has 0 saturated heterocycles. The van der Waals surface area contributed by atoms with Crippen LogP contribution in [0.25, 0.3) is 0 Å². The lowest BCUT2D eigenvalue weighted by molar-refractivity contribution is 0.198. The van der Waals surface area contributed by atoms with E-state index in [9.17, 15) is 0 Å². The molecule has 1 atom stereocenters. The second kappa shape index (κ2) is 13.1. The average Bonchev–Trinajstić information content (AvgIpc) is 3.30. The van der Waals surface area contributed by atoms with Crippen LogP contribution in [0.15, 0.2) is 34.0 Å². The minimum absolute atomic E-state index is 0. The summed E-state index contributed by atoms with van der Waals surface area (Å²) in [6.45, 7) is 12.7. The first-order chi connectivity index (χ1) is 12.7. The standard InChI is InChI=1S/C19H31N5OS.HI/c1-5-20-19(21-11-10-18-22-13-15(4)26-18)23-14-16(24(6-2)7-3)17-9-8-12-25-17;/h8-9,12-13,16H,5-7,10-11,14H2,1-4H3,(H2,20,21,23);1H. The zero-order valence-corrected chi connectivity index (χ0v) is 19.8. The molecule has 2 aromatic rings. The first kappa shape index (κ1) is 23.9. The molecule has 8 heteroatoms. The highest BCUT2D eigenvalue weighted by atomic mass is 127. The number of guanidine groups is 1. The summed E-state index contributed by atoms with van der Waals surface area (Å²) in [4.78, 5) is 12.8. The largest absolute Gasteiger partial charge is 0.468 e. The van der Waals surface area contributed by atoms with Gasteiger partial charge in [0.15, 0.2) is 5.96 Å². The fourth-order valence-corrected chi connectivity index (χ4v) is 3.64. The maximum atomic E-state index is 5.66. The fraction of sp³-hybridized carbons (Fsp3) is 0.579. The molecular formula is C19H32IN5OS. The zero-order valence-electron chi connectivity index (χ0n) is 16.7. The van der Waals surface area contributed by atoms with Crippen molar-refractivity contribution in [3.05, 3.63) is 40.2 Å². The lowest BCUT2D eigenvalue weighted by Gasteiger charge is -2.27. The van der Waals surface area contributed by atoms with Gasteiger partial charge in [-0.2, -0.15) is 0 Å². The van der Waals surface area contributed by atoms with Gasteiger partial charge >= 0.3 is 0 Å². The Morgan fingerprint density at radius 1 is 1.30 bits per heavy atom. The number of halogens is 1. The Kier molecular flexibility index (Phi) is 11.6. The molecule has 2 N–H and O–H groups in total. The number of furan rings is 1. The summed E-state index contributed by atoms with van der Waals surface area (Å²) in [5, 5.41) is 7.89. The van der Waals surface area contributed by atoms with Gasteiger partial charge in [-0.3, -0.25) is 9.89 Å². The number of nitrogens with one attached hydrogen (secondary N) is 2. The molecule has 0 aliphatic carbocycles. The Bertz CT molecular complexity index is 655. The lowest BCUT2D eigenvalue weighted by Crippen LogP contribution is -2.39. The van der Waals surface area contributed by atoms with E-state index in [-0.39, 0.29) is 30.0 Å². The SMILES string of the molecule is CCNC(=NCC(c1ccco1)N(CC)CC)NCCc1ncc(C)s1.I.